The molecule has 1 fully saturated rings. The minimum Gasteiger partial charge on any atom is -0.480 e. The summed E-state index contributed by atoms with van der Waals surface area (Å²) < 4.78 is 0. The van der Waals surface area contributed by atoms with E-state index < -0.39 is 12.0 Å². The van der Waals surface area contributed by atoms with Crippen molar-refractivity contribution < 1.29 is 14.7 Å². The summed E-state index contributed by atoms with van der Waals surface area (Å²) in [7, 11) is 0. The number of urea groups is 1. The van der Waals surface area contributed by atoms with Crippen LogP contribution in [0.2, 0.25) is 0 Å². The molecule has 0 saturated heterocycles. The van der Waals surface area contributed by atoms with Crippen molar-refractivity contribution in [1.82, 2.24) is 10.6 Å². The Morgan fingerprint density at radius 1 is 1.21 bits per heavy atom. The highest BCUT2D eigenvalue weighted by Crippen LogP contribution is 2.17. The van der Waals surface area contributed by atoms with Crippen molar-refractivity contribution in [2.75, 3.05) is 0 Å². The predicted molar refractivity (Wildman–Crippen MR) is 74.0 cm³/mol. The van der Waals surface area contributed by atoms with Crippen LogP contribution in [0.3, 0.4) is 0 Å². The third-order valence-corrected chi connectivity index (χ3v) is 3.96. The molecule has 0 bridgehead atoms. The second kappa shape index (κ2) is 8.02. The van der Waals surface area contributed by atoms with Gasteiger partial charge in [-0.1, -0.05) is 46.0 Å². The molecular weight excluding hydrogens is 244 g/mol. The zero-order chi connectivity index (χ0) is 14.3. The van der Waals surface area contributed by atoms with E-state index in [2.05, 4.69) is 10.6 Å². The highest BCUT2D eigenvalue weighted by atomic mass is 16.4. The smallest absolute Gasteiger partial charge is 0.326 e. The third kappa shape index (κ3) is 5.49. The first-order valence-corrected chi connectivity index (χ1v) is 7.34. The fourth-order valence-electron chi connectivity index (χ4n) is 2.48. The fraction of sp³-hybridized carbons (Fsp3) is 0.857. The number of hydrogen-bond acceptors (Lipinski definition) is 2. The van der Waals surface area contributed by atoms with Crippen molar-refractivity contribution in [1.29, 1.82) is 0 Å². The van der Waals surface area contributed by atoms with E-state index in [4.69, 9.17) is 5.11 Å². The summed E-state index contributed by atoms with van der Waals surface area (Å²) in [5.74, 6) is -1.04. The van der Waals surface area contributed by atoms with E-state index in [0.717, 1.165) is 32.1 Å². The molecule has 1 aliphatic carbocycles. The van der Waals surface area contributed by atoms with Gasteiger partial charge >= 0.3 is 12.0 Å². The molecule has 19 heavy (non-hydrogen) atoms. The average Bonchev–Trinajstić information content (AvgIpc) is 2.63. The molecule has 5 heteroatoms. The van der Waals surface area contributed by atoms with E-state index in [-0.39, 0.29) is 18.0 Å². The molecule has 0 radical (unpaired) electrons. The second-order valence-corrected chi connectivity index (χ2v) is 5.51. The minimum atomic E-state index is -0.967. The number of carbonyl (C=O) groups is 2. The number of hydrogen-bond donors (Lipinski definition) is 3. The fourth-order valence-corrected chi connectivity index (χ4v) is 2.48. The van der Waals surface area contributed by atoms with Crippen molar-refractivity contribution in [2.45, 2.75) is 70.9 Å². The molecule has 0 heterocycles. The molecule has 1 saturated carbocycles. The van der Waals surface area contributed by atoms with E-state index >= 15 is 0 Å². The van der Waals surface area contributed by atoms with E-state index in [1.54, 1.807) is 0 Å². The summed E-state index contributed by atoms with van der Waals surface area (Å²) in [6.45, 7) is 3.76. The predicted octanol–water partition coefficient (Wildman–Crippen LogP) is 2.51. The second-order valence-electron chi connectivity index (χ2n) is 5.51. The Kier molecular flexibility index (Phi) is 6.67. The monoisotopic (exact) mass is 270 g/mol. The topological polar surface area (TPSA) is 78.4 Å². The van der Waals surface area contributed by atoms with Crippen molar-refractivity contribution >= 4 is 12.0 Å². The molecule has 3 N–H and O–H groups in total. The van der Waals surface area contributed by atoms with Crippen LogP contribution in [-0.4, -0.2) is 29.2 Å². The van der Waals surface area contributed by atoms with Crippen LogP contribution in [0.25, 0.3) is 0 Å². The molecule has 0 aromatic heterocycles. The summed E-state index contributed by atoms with van der Waals surface area (Å²) in [4.78, 5) is 23.0. The summed E-state index contributed by atoms with van der Waals surface area (Å²) in [6.07, 6.45) is 7.44. The lowest BCUT2D eigenvalue weighted by Gasteiger charge is -2.23. The van der Waals surface area contributed by atoms with Gasteiger partial charge in [-0.3, -0.25) is 0 Å². The molecule has 2 atom stereocenters. The van der Waals surface area contributed by atoms with Crippen LogP contribution < -0.4 is 10.6 Å². The first-order chi connectivity index (χ1) is 9.04. The lowest BCUT2D eigenvalue weighted by atomic mass is 9.99. The van der Waals surface area contributed by atoms with Crippen molar-refractivity contribution in [3.8, 4) is 0 Å². The van der Waals surface area contributed by atoms with Gasteiger partial charge in [0.15, 0.2) is 0 Å². The highest BCUT2D eigenvalue weighted by molar-refractivity contribution is 5.82. The van der Waals surface area contributed by atoms with Crippen LogP contribution in [0, 0.1) is 5.92 Å². The molecule has 2 amide bonds. The van der Waals surface area contributed by atoms with Gasteiger partial charge in [0.25, 0.3) is 0 Å². The van der Waals surface area contributed by atoms with Crippen LogP contribution in [-0.2, 0) is 4.79 Å². The number of carbonyl (C=O) groups excluding carboxylic acids is 1. The number of aliphatic carboxylic acids is 1. The van der Waals surface area contributed by atoms with E-state index in [9.17, 15) is 9.59 Å². The number of nitrogens with one attached hydrogen (secondary N) is 2. The van der Waals surface area contributed by atoms with Gasteiger partial charge in [0.05, 0.1) is 0 Å². The van der Waals surface area contributed by atoms with Gasteiger partial charge in [0.1, 0.15) is 6.04 Å². The molecule has 5 nitrogen and oxygen atoms in total. The van der Waals surface area contributed by atoms with Gasteiger partial charge in [0, 0.05) is 6.04 Å². The Morgan fingerprint density at radius 3 is 2.26 bits per heavy atom. The summed E-state index contributed by atoms with van der Waals surface area (Å²) >= 11 is 0. The Hall–Kier alpha value is -1.26. The maximum Gasteiger partial charge on any atom is 0.326 e. The Balaban J connectivity index is 2.45. The summed E-state index contributed by atoms with van der Waals surface area (Å²) in [6, 6.07) is -0.968. The molecule has 0 aromatic carbocycles. The van der Waals surface area contributed by atoms with Crippen molar-refractivity contribution in [2.24, 2.45) is 5.92 Å². The van der Waals surface area contributed by atoms with E-state index in [1.165, 1.54) is 12.8 Å². The van der Waals surface area contributed by atoms with Crippen LogP contribution >= 0.6 is 0 Å². The SMILES string of the molecule is CC[C@H](C)[C@H](NC(=O)NC1CCCCCC1)C(=O)O. The lowest BCUT2D eigenvalue weighted by molar-refractivity contribution is -0.140. The molecule has 110 valence electrons. The summed E-state index contributed by atoms with van der Waals surface area (Å²) in [5.41, 5.74) is 0. The zero-order valence-corrected chi connectivity index (χ0v) is 11.9. The van der Waals surface area contributed by atoms with Gasteiger partial charge in [-0.25, -0.2) is 9.59 Å². The first-order valence-electron chi connectivity index (χ1n) is 7.34. The van der Waals surface area contributed by atoms with Crippen LogP contribution in [0.1, 0.15) is 58.8 Å². The third-order valence-electron chi connectivity index (χ3n) is 3.96. The van der Waals surface area contributed by atoms with E-state index in [0.29, 0.717) is 0 Å². The van der Waals surface area contributed by atoms with E-state index in [1.807, 2.05) is 13.8 Å². The standard InChI is InChI=1S/C14H26N2O3/c1-3-10(2)12(13(17)18)16-14(19)15-11-8-6-4-5-7-9-11/h10-12H,3-9H2,1-2H3,(H,17,18)(H2,15,16,19)/t10-,12-/m0/s1. The van der Waals surface area contributed by atoms with Crippen LogP contribution in [0.5, 0.6) is 0 Å². The van der Waals surface area contributed by atoms with Gasteiger partial charge in [-0.05, 0) is 18.8 Å². The normalized spacial score (nSPS) is 20.1. The molecule has 0 spiro atoms. The maximum absolute atomic E-state index is 11.9. The molecular formula is C14H26N2O3. The number of carboxylic acid groups (broad SMARTS) is 1. The Morgan fingerprint density at radius 2 is 1.79 bits per heavy atom. The largest absolute Gasteiger partial charge is 0.480 e. The minimum absolute atomic E-state index is 0.0719. The van der Waals surface area contributed by atoms with Crippen LogP contribution in [0.4, 0.5) is 4.79 Å². The number of rotatable bonds is 5. The Labute approximate surface area is 115 Å². The number of amides is 2. The quantitative estimate of drug-likeness (QED) is 0.672. The van der Waals surface area contributed by atoms with Gasteiger partial charge in [-0.2, -0.15) is 0 Å². The average molecular weight is 270 g/mol. The zero-order valence-electron chi connectivity index (χ0n) is 11.9. The van der Waals surface area contributed by atoms with Crippen molar-refractivity contribution in [3.05, 3.63) is 0 Å². The van der Waals surface area contributed by atoms with Crippen LogP contribution in [0.15, 0.2) is 0 Å². The van der Waals surface area contributed by atoms with Gasteiger partial charge < -0.3 is 15.7 Å². The first kappa shape index (κ1) is 15.8. The molecule has 0 unspecified atom stereocenters. The molecule has 1 aliphatic rings. The van der Waals surface area contributed by atoms with Gasteiger partial charge in [-0.15, -0.1) is 0 Å². The number of carboxylic acids is 1. The van der Waals surface area contributed by atoms with Crippen molar-refractivity contribution in [3.63, 3.8) is 0 Å². The molecule has 1 rings (SSSR count). The molecule has 0 aliphatic heterocycles. The maximum atomic E-state index is 11.9. The summed E-state index contributed by atoms with van der Waals surface area (Å²) in [5, 5.41) is 14.6. The van der Waals surface area contributed by atoms with Gasteiger partial charge in [0.2, 0.25) is 0 Å². The highest BCUT2D eigenvalue weighted by Gasteiger charge is 2.26. The lowest BCUT2D eigenvalue weighted by Crippen LogP contribution is -2.51. The Bertz CT molecular complexity index is 299. The molecule has 0 aromatic rings.